The molecule has 5 amide bonds. The van der Waals surface area contributed by atoms with Gasteiger partial charge in [-0.05, 0) is 46.6 Å². The van der Waals surface area contributed by atoms with Gasteiger partial charge in [-0.25, -0.2) is 13.2 Å². The van der Waals surface area contributed by atoms with Gasteiger partial charge in [0.25, 0.3) is 5.91 Å². The molecule has 14 heteroatoms. The fourth-order valence-corrected chi connectivity index (χ4v) is 8.81. The number of nitrogens with zero attached hydrogens (tertiary/aromatic N) is 2. The highest BCUT2D eigenvalue weighted by Crippen LogP contribution is 2.65. The third-order valence-electron chi connectivity index (χ3n) is 10.6. The Bertz CT molecular complexity index is 1600. The van der Waals surface area contributed by atoms with Crippen LogP contribution in [0.3, 0.4) is 0 Å². The van der Waals surface area contributed by atoms with Crippen LogP contribution in [0.25, 0.3) is 0 Å². The first-order valence-electron chi connectivity index (χ1n) is 18.1. The molecule has 0 radical (unpaired) electrons. The highest BCUT2D eigenvalue weighted by atomic mass is 32.2. The monoisotopic (exact) mass is 744 g/mol. The smallest absolute Gasteiger partial charge is 0.315 e. The Labute approximate surface area is 310 Å². The van der Waals surface area contributed by atoms with Gasteiger partial charge in [-0.1, -0.05) is 99.4 Å². The van der Waals surface area contributed by atoms with Crippen LogP contribution in [0.1, 0.15) is 81.6 Å². The molecule has 0 aromatic heterocycles. The zero-order chi connectivity index (χ0) is 39.4. The Morgan fingerprint density at radius 1 is 1.00 bits per heavy atom. The van der Waals surface area contributed by atoms with Gasteiger partial charge in [0, 0.05) is 32.7 Å². The van der Waals surface area contributed by atoms with E-state index < -0.39 is 74.6 Å². The number of nitrogens with one attached hydrogen (secondary N) is 4. The fraction of sp³-hybridized carbons (Fsp3) is 0.658. The molecule has 3 rings (SSSR count). The number of benzene rings is 1. The zero-order valence-corrected chi connectivity index (χ0v) is 33.4. The second-order valence-corrected chi connectivity index (χ2v) is 18.8. The largest absolute Gasteiger partial charge is 0.346 e. The van der Waals surface area contributed by atoms with Gasteiger partial charge in [0.05, 0.1) is 10.9 Å². The number of urea groups is 1. The highest BCUT2D eigenvalue weighted by Gasteiger charge is 2.70. The number of Topliss-reactive ketones (excluding diaryl/α,β-unsaturated/α-hetero) is 1. The van der Waals surface area contributed by atoms with Gasteiger partial charge in [-0.3, -0.25) is 19.2 Å². The van der Waals surface area contributed by atoms with Crippen LogP contribution in [0.4, 0.5) is 4.79 Å². The summed E-state index contributed by atoms with van der Waals surface area (Å²) in [5, 5.41) is 10.9. The predicted octanol–water partition coefficient (Wildman–Crippen LogP) is 3.47. The van der Waals surface area contributed by atoms with Gasteiger partial charge in [0.1, 0.15) is 12.1 Å². The van der Waals surface area contributed by atoms with Crippen molar-refractivity contribution in [2.24, 2.45) is 28.1 Å². The number of ketones is 1. The zero-order valence-electron chi connectivity index (χ0n) is 32.5. The number of rotatable bonds is 16. The van der Waals surface area contributed by atoms with Gasteiger partial charge < -0.3 is 26.2 Å². The summed E-state index contributed by atoms with van der Waals surface area (Å²) in [6.07, 6.45) is 3.08. The van der Waals surface area contributed by atoms with E-state index in [1.165, 1.54) is 34.5 Å². The van der Waals surface area contributed by atoms with E-state index in [4.69, 9.17) is 0 Å². The van der Waals surface area contributed by atoms with Crippen molar-refractivity contribution < 1.29 is 32.4 Å². The predicted molar refractivity (Wildman–Crippen MR) is 200 cm³/mol. The van der Waals surface area contributed by atoms with Crippen molar-refractivity contribution in [2.75, 3.05) is 26.7 Å². The van der Waals surface area contributed by atoms with Crippen molar-refractivity contribution in [3.63, 3.8) is 0 Å². The Kier molecular flexibility index (Phi) is 13.5. The van der Waals surface area contributed by atoms with E-state index in [0.29, 0.717) is 13.0 Å². The van der Waals surface area contributed by atoms with Gasteiger partial charge in [-0.2, -0.15) is 4.31 Å². The maximum Gasteiger partial charge on any atom is 0.315 e. The maximum atomic E-state index is 14.4. The highest BCUT2D eigenvalue weighted by molar-refractivity contribution is 7.89. The first-order chi connectivity index (χ1) is 24.0. The molecule has 0 bridgehead atoms. The van der Waals surface area contributed by atoms with Crippen LogP contribution >= 0.6 is 0 Å². The average Bonchev–Trinajstić information content (AvgIpc) is 3.37. The molecule has 52 heavy (non-hydrogen) atoms. The lowest BCUT2D eigenvalue weighted by atomic mass is 9.85. The second kappa shape index (κ2) is 16.5. The number of hydrogen-bond donors (Lipinski definition) is 4. The Morgan fingerprint density at radius 3 is 2.15 bits per heavy atom. The minimum atomic E-state index is -3.88. The number of unbranched alkanes of at least 4 members (excludes halogenated alkanes) is 1. The molecular weight excluding hydrogens is 685 g/mol. The molecular formula is C38H60N6O7S. The number of piperidine rings is 1. The maximum absolute atomic E-state index is 14.4. The minimum Gasteiger partial charge on any atom is -0.346 e. The second-order valence-electron chi connectivity index (χ2n) is 16.8. The van der Waals surface area contributed by atoms with Crippen molar-refractivity contribution in [1.29, 1.82) is 0 Å². The van der Waals surface area contributed by atoms with E-state index in [2.05, 4.69) is 27.8 Å². The number of hydrogen-bond acceptors (Lipinski definition) is 7. The Morgan fingerprint density at radius 2 is 1.62 bits per heavy atom. The molecule has 1 unspecified atom stereocenters. The summed E-state index contributed by atoms with van der Waals surface area (Å²) < 4.78 is 28.2. The van der Waals surface area contributed by atoms with Gasteiger partial charge >= 0.3 is 6.03 Å². The third kappa shape index (κ3) is 9.60. The van der Waals surface area contributed by atoms with E-state index >= 15 is 0 Å². The lowest BCUT2D eigenvalue weighted by Crippen LogP contribution is -2.62. The van der Waals surface area contributed by atoms with Gasteiger partial charge in [-0.15, -0.1) is 6.58 Å². The molecule has 290 valence electrons. The number of sulfonamides is 1. The topological polar surface area (TPSA) is 174 Å². The van der Waals surface area contributed by atoms with Crippen molar-refractivity contribution >= 4 is 39.6 Å². The molecule has 6 atom stereocenters. The van der Waals surface area contributed by atoms with E-state index in [1.807, 2.05) is 62.3 Å². The molecule has 1 saturated carbocycles. The number of likely N-dealkylation sites (tertiary alicyclic amines) is 1. The standard InChI is InChI=1S/C38H60N6O7S/c1-12-14-20-26(30(45)33(47)39-21-13-2)41-32(46)29-28-25(38(28,9)10)23-44(29)34(48)31(37(6,7)8)42-35(49)40-22-27(36(3,4)5)43(11)52(50,51)24-18-16-15-17-19-24/h13,15-19,25-29,31H,2,12,14,20-23H2,1,3-11H3,(H,39,47)(H,41,46)(H2,40,42,49)/t25-,26?,27+,28-,29-,31+/m0/s1. The van der Waals surface area contributed by atoms with Crippen LogP contribution in [0, 0.1) is 28.1 Å². The van der Waals surface area contributed by atoms with Crippen molar-refractivity contribution in [3.8, 4) is 0 Å². The summed E-state index contributed by atoms with van der Waals surface area (Å²) in [7, 11) is -2.39. The number of fused-ring (bicyclic) bond motifs is 1. The number of carbonyl (C=O) groups excluding carboxylic acids is 5. The van der Waals surface area contributed by atoms with Gasteiger partial charge in [0.15, 0.2) is 0 Å². The normalized spacial score (nSPS) is 21.3. The molecule has 1 saturated heterocycles. The number of amides is 5. The third-order valence-corrected chi connectivity index (χ3v) is 12.5. The fourth-order valence-electron chi connectivity index (χ4n) is 7.25. The Hall–Kier alpha value is -3.78. The summed E-state index contributed by atoms with van der Waals surface area (Å²) >= 11 is 0. The molecule has 1 aliphatic heterocycles. The van der Waals surface area contributed by atoms with E-state index in [9.17, 15) is 32.4 Å². The van der Waals surface area contributed by atoms with Gasteiger partial charge in [0.2, 0.25) is 27.6 Å². The van der Waals surface area contributed by atoms with Crippen LogP contribution in [-0.4, -0.2) is 98.0 Å². The molecule has 4 N–H and O–H groups in total. The van der Waals surface area contributed by atoms with Crippen molar-refractivity contribution in [2.45, 2.75) is 111 Å². The van der Waals surface area contributed by atoms with Crippen molar-refractivity contribution in [3.05, 3.63) is 43.0 Å². The van der Waals surface area contributed by atoms with E-state index in [-0.39, 0.29) is 41.7 Å². The molecule has 0 spiro atoms. The van der Waals surface area contributed by atoms with Crippen LogP contribution < -0.4 is 21.3 Å². The molecule has 1 aliphatic carbocycles. The molecule has 2 aliphatic rings. The van der Waals surface area contributed by atoms with E-state index in [0.717, 1.165) is 6.42 Å². The molecule has 1 heterocycles. The SMILES string of the molecule is C=CCNC(=O)C(=O)C(CCCC)NC(=O)[C@@H]1[C@@H]2[C@H](CN1C(=O)[C@@H](NC(=O)NC[C@@H](N(C)S(=O)(=O)c1ccccc1)C(C)(C)C)C(C)(C)C)C2(C)C. The number of likely N-dealkylation sites (N-methyl/N-ethyl adjacent to an activating group) is 1. The summed E-state index contributed by atoms with van der Waals surface area (Å²) in [6.45, 7) is 21.0. The molecule has 1 aromatic carbocycles. The van der Waals surface area contributed by atoms with E-state index in [1.54, 1.807) is 18.2 Å². The average molecular weight is 745 g/mol. The summed E-state index contributed by atoms with van der Waals surface area (Å²) in [4.78, 5) is 69.3. The van der Waals surface area contributed by atoms with Crippen molar-refractivity contribution in [1.82, 2.24) is 30.5 Å². The first kappa shape index (κ1) is 42.6. The lowest BCUT2D eigenvalue weighted by molar-refractivity contribution is -0.145. The molecule has 2 fully saturated rings. The van der Waals surface area contributed by atoms with Crippen LogP contribution in [-0.2, 0) is 29.2 Å². The first-order valence-corrected chi connectivity index (χ1v) is 19.6. The summed E-state index contributed by atoms with van der Waals surface area (Å²) in [6, 6.07) is 3.76. The summed E-state index contributed by atoms with van der Waals surface area (Å²) in [5.41, 5.74) is -1.58. The quantitative estimate of drug-likeness (QED) is 0.148. The lowest BCUT2D eigenvalue weighted by Gasteiger charge is -2.39. The minimum absolute atomic E-state index is 0.0381. The molecule has 13 nitrogen and oxygen atoms in total. The summed E-state index contributed by atoms with van der Waals surface area (Å²) in [5.74, 6) is -2.65. The van der Waals surface area contributed by atoms with Crippen LogP contribution in [0.5, 0.6) is 0 Å². The Balaban J connectivity index is 1.82. The number of carbonyl (C=O) groups is 5. The molecule has 1 aromatic rings. The van der Waals surface area contributed by atoms with Crippen LogP contribution in [0.15, 0.2) is 47.9 Å². The van der Waals surface area contributed by atoms with Crippen LogP contribution in [0.2, 0.25) is 0 Å².